The summed E-state index contributed by atoms with van der Waals surface area (Å²) in [4.78, 5) is 10.9. The number of hydrazone groups is 1. The van der Waals surface area contributed by atoms with E-state index in [1.165, 1.54) is 16.7 Å². The topological polar surface area (TPSA) is 102 Å². The van der Waals surface area contributed by atoms with Crippen molar-refractivity contribution in [3.8, 4) is 0 Å². The number of hydrogen-bond donors (Lipinski definition) is 0. The highest BCUT2D eigenvalue weighted by atomic mass is 16.6. The minimum absolute atomic E-state index is 0.0307. The molecule has 0 spiro atoms. The van der Waals surface area contributed by atoms with Gasteiger partial charge in [0.1, 0.15) is 0 Å². The SMILES string of the molecule is Cn1nnnc1C(=NN(c1ccccc1)c1ccccc1)[N+](=O)[O-]. The molecule has 3 rings (SSSR count). The van der Waals surface area contributed by atoms with Crippen LogP contribution in [0.2, 0.25) is 0 Å². The lowest BCUT2D eigenvalue weighted by Gasteiger charge is -2.13. The number of rotatable bonds is 4. The molecule has 0 aliphatic rings. The Morgan fingerprint density at radius 1 is 1.08 bits per heavy atom. The van der Waals surface area contributed by atoms with Crippen molar-refractivity contribution in [2.75, 3.05) is 5.01 Å². The van der Waals surface area contributed by atoms with E-state index >= 15 is 0 Å². The summed E-state index contributed by atoms with van der Waals surface area (Å²) in [6.07, 6.45) is 0. The second kappa shape index (κ2) is 6.65. The third-order valence-corrected chi connectivity index (χ3v) is 3.19. The molecule has 0 unspecified atom stereocenters. The third kappa shape index (κ3) is 3.09. The van der Waals surface area contributed by atoms with Crippen molar-refractivity contribution >= 4 is 17.2 Å². The van der Waals surface area contributed by atoms with E-state index in [1.54, 1.807) is 0 Å². The molecular formula is C15H13N7O2. The number of aromatic nitrogens is 4. The molecule has 1 heterocycles. The maximum Gasteiger partial charge on any atom is 0.435 e. The second-order valence-corrected chi connectivity index (χ2v) is 4.79. The smallest absolute Gasteiger partial charge is 0.358 e. The number of anilines is 2. The minimum atomic E-state index is -0.607. The van der Waals surface area contributed by atoms with E-state index in [2.05, 4.69) is 20.6 Å². The van der Waals surface area contributed by atoms with Crippen molar-refractivity contribution in [2.24, 2.45) is 12.1 Å². The summed E-state index contributed by atoms with van der Waals surface area (Å²) in [7, 11) is 1.52. The molecule has 0 saturated carbocycles. The summed E-state index contributed by atoms with van der Waals surface area (Å²) < 4.78 is 1.20. The Kier molecular flexibility index (Phi) is 4.23. The van der Waals surface area contributed by atoms with Crippen LogP contribution < -0.4 is 5.01 Å². The maximum atomic E-state index is 11.5. The summed E-state index contributed by atoms with van der Waals surface area (Å²) in [5, 5.41) is 27.9. The van der Waals surface area contributed by atoms with Crippen LogP contribution in [0.3, 0.4) is 0 Å². The standard InChI is InChI=1S/C15H13N7O2/c1-20-14(16-18-19-20)15(22(23)24)17-21(12-8-4-2-5-9-12)13-10-6-3-7-11-13/h2-11H,1H3. The van der Waals surface area contributed by atoms with Gasteiger partial charge in [-0.2, -0.15) is 0 Å². The number of amidine groups is 1. The van der Waals surface area contributed by atoms with Crippen LogP contribution >= 0.6 is 0 Å². The molecule has 0 fully saturated rings. The van der Waals surface area contributed by atoms with Crippen molar-refractivity contribution in [2.45, 2.75) is 0 Å². The first-order valence-corrected chi connectivity index (χ1v) is 7.03. The fourth-order valence-electron chi connectivity index (χ4n) is 2.08. The number of nitrogens with zero attached hydrogens (tertiary/aromatic N) is 7. The van der Waals surface area contributed by atoms with Crippen molar-refractivity contribution < 1.29 is 4.92 Å². The summed E-state index contributed by atoms with van der Waals surface area (Å²) >= 11 is 0. The first-order valence-electron chi connectivity index (χ1n) is 7.03. The van der Waals surface area contributed by atoms with Gasteiger partial charge in [-0.1, -0.05) is 41.5 Å². The number of benzene rings is 2. The second-order valence-electron chi connectivity index (χ2n) is 4.79. The van der Waals surface area contributed by atoms with Crippen molar-refractivity contribution in [1.29, 1.82) is 0 Å². The van der Waals surface area contributed by atoms with Gasteiger partial charge in [-0.25, -0.2) is 4.68 Å². The predicted octanol–water partition coefficient (Wildman–Crippen LogP) is 1.99. The zero-order valence-corrected chi connectivity index (χ0v) is 12.7. The van der Waals surface area contributed by atoms with Gasteiger partial charge in [-0.15, -0.1) is 5.01 Å². The predicted molar refractivity (Wildman–Crippen MR) is 87.4 cm³/mol. The van der Waals surface area contributed by atoms with Crippen LogP contribution in [-0.4, -0.2) is 31.0 Å². The van der Waals surface area contributed by atoms with E-state index in [9.17, 15) is 10.1 Å². The summed E-state index contributed by atoms with van der Waals surface area (Å²) in [5.74, 6) is -0.480. The largest absolute Gasteiger partial charge is 0.435 e. The summed E-state index contributed by atoms with van der Waals surface area (Å²) in [5.41, 5.74) is 1.36. The fourth-order valence-corrected chi connectivity index (χ4v) is 2.08. The molecule has 0 N–H and O–H groups in total. The molecule has 0 radical (unpaired) electrons. The van der Waals surface area contributed by atoms with Gasteiger partial charge in [-0.05, 0) is 39.6 Å². The lowest BCUT2D eigenvalue weighted by Crippen LogP contribution is -2.23. The molecule has 3 aromatic rings. The van der Waals surface area contributed by atoms with E-state index in [4.69, 9.17) is 0 Å². The molecule has 9 nitrogen and oxygen atoms in total. The van der Waals surface area contributed by atoms with Gasteiger partial charge in [-0.3, -0.25) is 0 Å². The molecule has 0 saturated heterocycles. The van der Waals surface area contributed by atoms with E-state index < -0.39 is 10.8 Å². The van der Waals surface area contributed by atoms with Crippen LogP contribution in [0.15, 0.2) is 65.8 Å². The quantitative estimate of drug-likeness (QED) is 0.315. The maximum absolute atomic E-state index is 11.5. The van der Waals surface area contributed by atoms with Crippen LogP contribution in [0.25, 0.3) is 0 Å². The van der Waals surface area contributed by atoms with Crippen LogP contribution in [0.5, 0.6) is 0 Å². The van der Waals surface area contributed by atoms with Crippen LogP contribution in [0.1, 0.15) is 5.82 Å². The number of nitro groups is 1. The van der Waals surface area contributed by atoms with Crippen molar-refractivity contribution in [3.63, 3.8) is 0 Å². The molecule has 1 aromatic heterocycles. The van der Waals surface area contributed by atoms with Crippen molar-refractivity contribution in [1.82, 2.24) is 20.2 Å². The van der Waals surface area contributed by atoms with E-state index in [0.29, 0.717) is 11.4 Å². The first-order chi connectivity index (χ1) is 11.7. The van der Waals surface area contributed by atoms with E-state index in [1.807, 2.05) is 60.7 Å². The Morgan fingerprint density at radius 2 is 1.62 bits per heavy atom. The first kappa shape index (κ1) is 15.3. The monoisotopic (exact) mass is 323 g/mol. The molecule has 0 amide bonds. The highest BCUT2D eigenvalue weighted by Gasteiger charge is 2.27. The normalized spacial score (nSPS) is 11.3. The summed E-state index contributed by atoms with van der Waals surface area (Å²) in [6.45, 7) is 0. The molecule has 0 bridgehead atoms. The third-order valence-electron chi connectivity index (χ3n) is 3.19. The van der Waals surface area contributed by atoms with E-state index in [-0.39, 0.29) is 5.82 Å². The van der Waals surface area contributed by atoms with Crippen LogP contribution in [-0.2, 0) is 7.05 Å². The molecule has 9 heteroatoms. The van der Waals surface area contributed by atoms with Gasteiger partial charge in [0.2, 0.25) is 0 Å². The summed E-state index contributed by atoms with van der Waals surface area (Å²) in [6, 6.07) is 18.3. The number of aryl methyl sites for hydroxylation is 1. The lowest BCUT2D eigenvalue weighted by atomic mass is 10.2. The Labute approximate surface area is 137 Å². The molecule has 0 aliphatic heterocycles. The molecule has 0 aliphatic carbocycles. The Morgan fingerprint density at radius 3 is 2.04 bits per heavy atom. The van der Waals surface area contributed by atoms with Gasteiger partial charge in [0.15, 0.2) is 0 Å². The molecule has 0 atom stereocenters. The average Bonchev–Trinajstić information content (AvgIpc) is 3.03. The van der Waals surface area contributed by atoms with E-state index in [0.717, 1.165) is 0 Å². The van der Waals surface area contributed by atoms with Gasteiger partial charge >= 0.3 is 5.84 Å². The lowest BCUT2D eigenvalue weighted by molar-refractivity contribution is -0.349. The highest BCUT2D eigenvalue weighted by Crippen LogP contribution is 2.25. The Balaban J connectivity index is 2.15. The Hall–Kier alpha value is -3.62. The number of para-hydroxylation sites is 2. The van der Waals surface area contributed by atoms with Gasteiger partial charge in [0.25, 0.3) is 5.82 Å². The van der Waals surface area contributed by atoms with Crippen molar-refractivity contribution in [3.05, 3.63) is 76.6 Å². The number of tetrazole rings is 1. The fraction of sp³-hybridized carbons (Fsp3) is 0.0667. The molecular weight excluding hydrogens is 310 g/mol. The average molecular weight is 323 g/mol. The number of hydrogen-bond acceptors (Lipinski definition) is 7. The Bertz CT molecular complexity index is 822. The molecule has 24 heavy (non-hydrogen) atoms. The van der Waals surface area contributed by atoms with Gasteiger partial charge in [0.05, 0.1) is 16.5 Å². The van der Waals surface area contributed by atoms with Gasteiger partial charge < -0.3 is 10.1 Å². The van der Waals surface area contributed by atoms with Crippen LogP contribution in [0, 0.1) is 10.1 Å². The zero-order valence-electron chi connectivity index (χ0n) is 12.7. The minimum Gasteiger partial charge on any atom is -0.358 e. The molecule has 2 aromatic carbocycles. The molecule has 120 valence electrons. The van der Waals surface area contributed by atoms with Crippen LogP contribution in [0.4, 0.5) is 11.4 Å². The van der Waals surface area contributed by atoms with Gasteiger partial charge in [0, 0.05) is 7.05 Å². The zero-order chi connectivity index (χ0) is 16.9. The highest BCUT2D eigenvalue weighted by molar-refractivity contribution is 5.90.